The van der Waals surface area contributed by atoms with E-state index in [9.17, 15) is 9.18 Å². The Kier molecular flexibility index (Phi) is 7.99. The lowest BCUT2D eigenvalue weighted by Crippen LogP contribution is -2.08. The van der Waals surface area contributed by atoms with Crippen molar-refractivity contribution >= 4 is 16.7 Å². The van der Waals surface area contributed by atoms with Gasteiger partial charge in [-0.15, -0.1) is 0 Å². The molecule has 0 saturated carbocycles. The molecule has 0 bridgehead atoms. The molecule has 0 aliphatic rings. The molecule has 1 heterocycles. The highest BCUT2D eigenvalue weighted by Crippen LogP contribution is 2.38. The van der Waals surface area contributed by atoms with Crippen molar-refractivity contribution in [1.29, 1.82) is 0 Å². The maximum absolute atomic E-state index is 14.1. The van der Waals surface area contributed by atoms with Crippen LogP contribution >= 0.6 is 0 Å². The zero-order chi connectivity index (χ0) is 25.7. The predicted molar refractivity (Wildman–Crippen MR) is 142 cm³/mol. The Morgan fingerprint density at radius 2 is 1.78 bits per heavy atom. The first kappa shape index (κ1) is 25.4. The first-order valence-electron chi connectivity index (χ1n) is 12.4. The number of hydrogen-bond donors (Lipinski definition) is 0. The number of benzene rings is 3. The Bertz CT molecular complexity index is 1370. The molecule has 3 aromatic carbocycles. The number of carbonyl (C=O) groups excluding carboxylic acids is 1. The van der Waals surface area contributed by atoms with Crippen molar-refractivity contribution in [2.24, 2.45) is 0 Å². The van der Waals surface area contributed by atoms with Crippen molar-refractivity contribution in [3.63, 3.8) is 0 Å². The van der Waals surface area contributed by atoms with E-state index in [0.29, 0.717) is 25.2 Å². The van der Waals surface area contributed by atoms with Crippen LogP contribution in [0.15, 0.2) is 66.7 Å². The molecule has 4 nitrogen and oxygen atoms in total. The first-order chi connectivity index (χ1) is 17.4. The van der Waals surface area contributed by atoms with E-state index in [2.05, 4.69) is 13.8 Å². The van der Waals surface area contributed by atoms with E-state index in [-0.39, 0.29) is 24.1 Å². The number of carbonyl (C=O) groups is 1. The van der Waals surface area contributed by atoms with E-state index in [1.807, 2.05) is 60.7 Å². The third-order valence-electron chi connectivity index (χ3n) is 6.20. The van der Waals surface area contributed by atoms with Crippen molar-refractivity contribution < 1.29 is 18.7 Å². The number of aromatic nitrogens is 1. The Labute approximate surface area is 212 Å². The fraction of sp³-hybridized carbons (Fsp3) is 0.290. The maximum Gasteiger partial charge on any atom is 0.306 e. The summed E-state index contributed by atoms with van der Waals surface area (Å²) in [6.07, 6.45) is 0.706. The summed E-state index contributed by atoms with van der Waals surface area (Å²) in [5, 5.41) is 1.93. The minimum Gasteiger partial charge on any atom is -0.489 e. The van der Waals surface area contributed by atoms with Crippen molar-refractivity contribution in [1.82, 2.24) is 4.98 Å². The zero-order valence-electron chi connectivity index (χ0n) is 21.3. The van der Waals surface area contributed by atoms with Gasteiger partial charge in [0.15, 0.2) is 0 Å². The van der Waals surface area contributed by atoms with Crippen molar-refractivity contribution in [2.45, 2.75) is 53.1 Å². The monoisotopic (exact) mass is 485 g/mol. The quantitative estimate of drug-likeness (QED) is 0.230. The number of pyridine rings is 1. The molecule has 5 heteroatoms. The maximum atomic E-state index is 14.1. The van der Waals surface area contributed by atoms with Gasteiger partial charge in [0.05, 0.1) is 18.7 Å². The second-order valence-electron chi connectivity index (χ2n) is 9.22. The average molecular weight is 486 g/mol. The van der Waals surface area contributed by atoms with E-state index >= 15 is 0 Å². The molecular formula is C31H32FNO3. The average Bonchev–Trinajstić information content (AvgIpc) is 2.88. The molecule has 4 aromatic rings. The molecule has 0 aliphatic heterocycles. The molecule has 0 unspecified atom stereocenters. The van der Waals surface area contributed by atoms with Crippen LogP contribution in [-0.2, 0) is 22.6 Å². The molecule has 36 heavy (non-hydrogen) atoms. The topological polar surface area (TPSA) is 48.4 Å². The summed E-state index contributed by atoms with van der Waals surface area (Å²) in [7, 11) is 0. The molecule has 0 atom stereocenters. The van der Waals surface area contributed by atoms with Crippen LogP contribution in [0.5, 0.6) is 5.75 Å². The number of hydrogen-bond acceptors (Lipinski definition) is 4. The van der Waals surface area contributed by atoms with Gasteiger partial charge in [0.25, 0.3) is 0 Å². The molecule has 4 rings (SSSR count). The van der Waals surface area contributed by atoms with Crippen molar-refractivity contribution in [3.05, 3.63) is 95.1 Å². The van der Waals surface area contributed by atoms with Crippen LogP contribution in [0.1, 0.15) is 55.6 Å². The summed E-state index contributed by atoms with van der Waals surface area (Å²) < 4.78 is 25.4. The number of halogens is 1. The first-order valence-corrected chi connectivity index (χ1v) is 12.4. The second kappa shape index (κ2) is 11.3. The minimum atomic E-state index is -0.242. The second-order valence-corrected chi connectivity index (χ2v) is 9.22. The fourth-order valence-corrected chi connectivity index (χ4v) is 4.38. The number of esters is 1. The van der Waals surface area contributed by atoms with Gasteiger partial charge in [0, 0.05) is 23.1 Å². The van der Waals surface area contributed by atoms with Gasteiger partial charge in [-0.25, -0.2) is 4.39 Å². The lowest BCUT2D eigenvalue weighted by atomic mass is 9.90. The molecule has 0 radical (unpaired) electrons. The van der Waals surface area contributed by atoms with E-state index < -0.39 is 0 Å². The summed E-state index contributed by atoms with van der Waals surface area (Å²) >= 11 is 0. The summed E-state index contributed by atoms with van der Waals surface area (Å²) in [5.74, 6) is 0.382. The van der Waals surface area contributed by atoms with E-state index in [1.165, 1.54) is 6.07 Å². The SMILES string of the molecule is CCOC(=O)CCc1nc(C(C)C)c(-c2ccc(F)c(C)c2)c2ccc(OCc3ccccc3)cc12. The summed E-state index contributed by atoms with van der Waals surface area (Å²) in [6.45, 7) is 8.57. The molecule has 0 aliphatic carbocycles. The molecule has 186 valence electrons. The molecule has 0 spiro atoms. The van der Waals surface area contributed by atoms with Gasteiger partial charge in [-0.3, -0.25) is 9.78 Å². The number of rotatable bonds is 9. The predicted octanol–water partition coefficient (Wildman–Crippen LogP) is 7.55. The molecule has 0 N–H and O–H groups in total. The van der Waals surface area contributed by atoms with Crippen molar-refractivity contribution in [3.8, 4) is 16.9 Å². The molecule has 1 aromatic heterocycles. The number of nitrogens with zero attached hydrogens (tertiary/aromatic N) is 1. The van der Waals surface area contributed by atoms with Gasteiger partial charge in [0.2, 0.25) is 0 Å². The Balaban J connectivity index is 1.84. The minimum absolute atomic E-state index is 0.130. The molecule has 0 amide bonds. The number of fused-ring (bicyclic) bond motifs is 1. The van der Waals surface area contributed by atoms with Crippen molar-refractivity contribution in [2.75, 3.05) is 6.61 Å². The standard InChI is InChI=1S/C31H32FNO3/c1-5-35-29(34)16-15-28-26-18-24(36-19-22-9-7-6-8-10-22)12-13-25(26)30(31(33-28)20(2)3)23-11-14-27(32)21(4)17-23/h6-14,17-18,20H,5,15-16,19H2,1-4H3. The molecule has 0 fully saturated rings. The van der Waals surface area contributed by atoms with Crippen LogP contribution in [0, 0.1) is 12.7 Å². The van der Waals surface area contributed by atoms with Crippen LogP contribution in [0.3, 0.4) is 0 Å². The highest BCUT2D eigenvalue weighted by atomic mass is 19.1. The third kappa shape index (κ3) is 5.73. The zero-order valence-corrected chi connectivity index (χ0v) is 21.3. The summed E-state index contributed by atoms with van der Waals surface area (Å²) in [6, 6.07) is 21.2. The van der Waals surface area contributed by atoms with Crippen LogP contribution < -0.4 is 4.74 Å². The van der Waals surface area contributed by atoms with Gasteiger partial charge in [-0.2, -0.15) is 0 Å². The lowest BCUT2D eigenvalue weighted by Gasteiger charge is -2.19. The van der Waals surface area contributed by atoms with E-state index in [0.717, 1.165) is 44.6 Å². The molecular weight excluding hydrogens is 453 g/mol. The Hall–Kier alpha value is -3.73. The van der Waals surface area contributed by atoms with Crippen LogP contribution in [-0.4, -0.2) is 17.6 Å². The highest BCUT2D eigenvalue weighted by molar-refractivity contribution is 6.00. The largest absolute Gasteiger partial charge is 0.489 e. The lowest BCUT2D eigenvalue weighted by molar-refractivity contribution is -0.143. The normalized spacial score (nSPS) is 11.2. The number of ether oxygens (including phenoxy) is 2. The van der Waals surface area contributed by atoms with Gasteiger partial charge >= 0.3 is 5.97 Å². The fourth-order valence-electron chi connectivity index (χ4n) is 4.38. The summed E-state index contributed by atoms with van der Waals surface area (Å²) in [4.78, 5) is 17.2. The Morgan fingerprint density at radius 1 is 1.00 bits per heavy atom. The van der Waals surface area contributed by atoms with E-state index in [1.54, 1.807) is 13.8 Å². The molecule has 0 saturated heterocycles. The van der Waals surface area contributed by atoms with Crippen LogP contribution in [0.25, 0.3) is 21.9 Å². The summed E-state index contributed by atoms with van der Waals surface area (Å²) in [5.41, 5.74) is 5.32. The van der Waals surface area contributed by atoms with E-state index in [4.69, 9.17) is 14.5 Å². The van der Waals surface area contributed by atoms with Gasteiger partial charge < -0.3 is 9.47 Å². The van der Waals surface area contributed by atoms with Crippen LogP contribution in [0.4, 0.5) is 4.39 Å². The van der Waals surface area contributed by atoms with Gasteiger partial charge in [-0.1, -0.05) is 50.2 Å². The smallest absolute Gasteiger partial charge is 0.306 e. The Morgan fingerprint density at radius 3 is 2.47 bits per heavy atom. The van der Waals surface area contributed by atoms with Crippen LogP contribution in [0.2, 0.25) is 0 Å². The number of aryl methyl sites for hydroxylation is 2. The van der Waals surface area contributed by atoms with Gasteiger partial charge in [0.1, 0.15) is 18.2 Å². The van der Waals surface area contributed by atoms with Gasteiger partial charge in [-0.05, 0) is 72.2 Å². The third-order valence-corrected chi connectivity index (χ3v) is 6.20. The highest BCUT2D eigenvalue weighted by Gasteiger charge is 2.20.